The van der Waals surface area contributed by atoms with Crippen LogP contribution in [0.15, 0.2) is 34.7 Å². The molecule has 0 saturated heterocycles. The minimum Gasteiger partial charge on any atom is -0.365 e. The van der Waals surface area contributed by atoms with Crippen LogP contribution in [0.1, 0.15) is 51.5 Å². The maximum absolute atomic E-state index is 10.8. The topological polar surface area (TPSA) is 87.6 Å². The van der Waals surface area contributed by atoms with Gasteiger partial charge in [-0.2, -0.15) is 12.8 Å². The third-order valence-electron chi connectivity index (χ3n) is 5.03. The van der Waals surface area contributed by atoms with Crippen LogP contribution < -0.4 is 10.6 Å². The van der Waals surface area contributed by atoms with Gasteiger partial charge in [0.1, 0.15) is 0 Å². The third kappa shape index (κ3) is 7.76. The molecular weight excluding hydrogens is 382 g/mol. The number of thiocarbonyl (C=S) groups is 1. The Morgan fingerprint density at radius 3 is 2.56 bits per heavy atom. The van der Waals surface area contributed by atoms with E-state index in [0.29, 0.717) is 11.5 Å². The first-order valence-electron chi connectivity index (χ1n) is 9.17. The van der Waals surface area contributed by atoms with E-state index in [1.54, 1.807) is 7.05 Å². The first-order valence-corrected chi connectivity index (χ1v) is 10.6. The second-order valence-corrected chi connectivity index (χ2v) is 7.86. The number of hydrogen-bond acceptors (Lipinski definition) is 5. The summed E-state index contributed by atoms with van der Waals surface area (Å²) in [5, 5.41) is 5.13. The Kier molecular flexibility index (Phi) is 10.2. The number of rotatable bonds is 8. The predicted octanol–water partition coefficient (Wildman–Crippen LogP) is 3.21. The monoisotopic (exact) mass is 411 g/mol. The maximum atomic E-state index is 10.8. The molecule has 1 aromatic rings. The molecule has 3 atom stereocenters. The second kappa shape index (κ2) is 11.8. The standard InChI is InChI=1S/C16H23NO2S.C3H6N2OS/c1-3-13(2)8-7-11-16(12-15(16)17-20(18)19)14-9-5-4-6-10-14;1-4-3(7)5-2-6/h4-6,9-10,13,15H,3,7-8,11-12H2,1-2H3;2H,1H3,(H2,4,5,6,7). The predicted molar refractivity (Wildman–Crippen MR) is 112 cm³/mol. The van der Waals surface area contributed by atoms with E-state index in [0.717, 1.165) is 25.2 Å². The molecule has 2 rings (SSSR count). The quantitative estimate of drug-likeness (QED) is 0.507. The van der Waals surface area contributed by atoms with E-state index in [-0.39, 0.29) is 11.5 Å². The molecule has 27 heavy (non-hydrogen) atoms. The van der Waals surface area contributed by atoms with Crippen molar-refractivity contribution < 1.29 is 13.2 Å². The summed E-state index contributed by atoms with van der Waals surface area (Å²) < 4.78 is 25.5. The SMILES string of the molecule is CCC(C)CCCC1(c2ccccc2)CC1N=S(=O)=O.CNC(=S)NC=O. The molecule has 1 aliphatic rings. The highest BCUT2D eigenvalue weighted by Gasteiger charge is 2.55. The minimum absolute atomic E-state index is 0.0329. The Bertz CT molecular complexity index is 730. The fraction of sp³-hybridized carbons (Fsp3) is 0.579. The van der Waals surface area contributed by atoms with E-state index in [1.807, 2.05) is 18.2 Å². The normalized spacial score (nSPS) is 21.1. The fourth-order valence-electron chi connectivity index (χ4n) is 3.12. The zero-order valence-electron chi connectivity index (χ0n) is 16.1. The van der Waals surface area contributed by atoms with E-state index in [9.17, 15) is 13.2 Å². The van der Waals surface area contributed by atoms with Gasteiger partial charge in [-0.05, 0) is 36.5 Å². The number of carbonyl (C=O) groups excluding carboxylic acids is 1. The lowest BCUT2D eigenvalue weighted by Crippen LogP contribution is -2.30. The summed E-state index contributed by atoms with van der Waals surface area (Å²) in [5.41, 5.74) is 1.21. The lowest BCUT2D eigenvalue weighted by molar-refractivity contribution is -0.108. The molecule has 0 bridgehead atoms. The van der Waals surface area contributed by atoms with Crippen LogP contribution in [0.25, 0.3) is 0 Å². The molecule has 1 aromatic carbocycles. The summed E-state index contributed by atoms with van der Waals surface area (Å²) in [4.78, 5) is 9.54. The van der Waals surface area contributed by atoms with E-state index >= 15 is 0 Å². The Morgan fingerprint density at radius 2 is 2.07 bits per heavy atom. The van der Waals surface area contributed by atoms with Crippen molar-refractivity contribution in [1.82, 2.24) is 10.6 Å². The second-order valence-electron chi connectivity index (χ2n) is 6.81. The molecular formula is C19H29N3O3S2. The highest BCUT2D eigenvalue weighted by atomic mass is 32.2. The van der Waals surface area contributed by atoms with E-state index < -0.39 is 10.5 Å². The number of carbonyl (C=O) groups is 1. The van der Waals surface area contributed by atoms with E-state index in [4.69, 9.17) is 0 Å². The van der Waals surface area contributed by atoms with Crippen LogP contribution in [-0.2, 0) is 20.7 Å². The van der Waals surface area contributed by atoms with Gasteiger partial charge < -0.3 is 10.6 Å². The van der Waals surface area contributed by atoms with Gasteiger partial charge in [0.2, 0.25) is 6.41 Å². The molecule has 0 radical (unpaired) electrons. The van der Waals surface area contributed by atoms with Crippen LogP contribution in [-0.4, -0.2) is 33.0 Å². The Hall–Kier alpha value is -1.80. The molecule has 0 spiro atoms. The van der Waals surface area contributed by atoms with Crippen LogP contribution in [0.3, 0.4) is 0 Å². The van der Waals surface area contributed by atoms with Gasteiger partial charge in [-0.25, -0.2) is 0 Å². The van der Waals surface area contributed by atoms with Crippen molar-refractivity contribution in [1.29, 1.82) is 0 Å². The molecule has 2 N–H and O–H groups in total. The number of benzene rings is 1. The summed E-state index contributed by atoms with van der Waals surface area (Å²) in [5.74, 6) is 0.741. The molecule has 8 heteroatoms. The number of hydrogen-bond donors (Lipinski definition) is 2. The average molecular weight is 412 g/mol. The first kappa shape index (κ1) is 23.2. The smallest absolute Gasteiger partial charge is 0.311 e. The fourth-order valence-corrected chi connectivity index (χ4v) is 3.65. The molecule has 1 aliphatic carbocycles. The molecule has 1 fully saturated rings. The Balaban J connectivity index is 0.000000445. The largest absolute Gasteiger partial charge is 0.365 e. The van der Waals surface area contributed by atoms with Crippen LogP contribution in [0.4, 0.5) is 0 Å². The van der Waals surface area contributed by atoms with E-state index in [1.165, 1.54) is 18.4 Å². The lowest BCUT2D eigenvalue weighted by atomic mass is 9.88. The molecule has 0 heterocycles. The highest BCUT2D eigenvalue weighted by Crippen LogP contribution is 2.54. The molecule has 0 aliphatic heterocycles. The van der Waals surface area contributed by atoms with Crippen molar-refractivity contribution in [2.45, 2.75) is 57.4 Å². The van der Waals surface area contributed by atoms with E-state index in [2.05, 4.69) is 53.2 Å². The van der Waals surface area contributed by atoms with Crippen LogP contribution in [0.2, 0.25) is 0 Å². The van der Waals surface area contributed by atoms with Crippen molar-refractivity contribution in [2.24, 2.45) is 10.3 Å². The molecule has 150 valence electrons. The number of nitrogens with one attached hydrogen (secondary N) is 2. The highest BCUT2D eigenvalue weighted by molar-refractivity contribution is 7.80. The van der Waals surface area contributed by atoms with Gasteiger partial charge in [0.25, 0.3) is 0 Å². The Morgan fingerprint density at radius 1 is 1.41 bits per heavy atom. The van der Waals surface area contributed by atoms with Crippen molar-refractivity contribution in [3.8, 4) is 0 Å². The van der Waals surface area contributed by atoms with Gasteiger partial charge in [-0.3, -0.25) is 4.79 Å². The van der Waals surface area contributed by atoms with Gasteiger partial charge in [-0.1, -0.05) is 63.4 Å². The minimum atomic E-state index is -2.29. The van der Waals surface area contributed by atoms with Crippen molar-refractivity contribution >= 4 is 34.2 Å². The lowest BCUT2D eigenvalue weighted by Gasteiger charge is -2.17. The van der Waals surface area contributed by atoms with Gasteiger partial charge in [-0.15, -0.1) is 0 Å². The number of amides is 1. The summed E-state index contributed by atoms with van der Waals surface area (Å²) in [6.45, 7) is 4.49. The zero-order chi connectivity index (χ0) is 20.3. The molecule has 1 amide bonds. The number of nitrogens with zero attached hydrogens (tertiary/aromatic N) is 1. The summed E-state index contributed by atoms with van der Waals surface area (Å²) >= 11 is 4.50. The van der Waals surface area contributed by atoms with Crippen molar-refractivity contribution in [2.75, 3.05) is 7.05 Å². The average Bonchev–Trinajstić information content (AvgIpc) is 3.35. The van der Waals surface area contributed by atoms with Gasteiger partial charge in [0.15, 0.2) is 5.11 Å². The molecule has 3 unspecified atom stereocenters. The van der Waals surface area contributed by atoms with Gasteiger partial charge in [0.05, 0.1) is 6.04 Å². The van der Waals surface area contributed by atoms with Crippen LogP contribution in [0.5, 0.6) is 0 Å². The summed E-state index contributed by atoms with van der Waals surface area (Å²) in [6, 6.07) is 10.2. The van der Waals surface area contributed by atoms with Crippen LogP contribution in [0, 0.1) is 5.92 Å². The Labute approximate surface area is 168 Å². The van der Waals surface area contributed by atoms with Gasteiger partial charge >= 0.3 is 10.5 Å². The third-order valence-corrected chi connectivity index (χ3v) is 5.78. The zero-order valence-corrected chi connectivity index (χ0v) is 17.8. The maximum Gasteiger partial charge on any atom is 0.311 e. The summed E-state index contributed by atoms with van der Waals surface area (Å²) in [6.07, 6.45) is 5.98. The first-order chi connectivity index (χ1) is 12.9. The van der Waals surface area contributed by atoms with Crippen molar-refractivity contribution in [3.05, 3.63) is 35.9 Å². The van der Waals surface area contributed by atoms with Gasteiger partial charge in [0, 0.05) is 12.5 Å². The molecule has 1 saturated carbocycles. The van der Waals surface area contributed by atoms with Crippen LogP contribution >= 0.6 is 12.2 Å². The van der Waals surface area contributed by atoms with Crippen molar-refractivity contribution in [3.63, 3.8) is 0 Å². The molecule has 0 aromatic heterocycles. The molecule has 6 nitrogen and oxygen atoms in total. The summed E-state index contributed by atoms with van der Waals surface area (Å²) in [7, 11) is -0.657.